The van der Waals surface area contributed by atoms with E-state index < -0.39 is 0 Å². The van der Waals surface area contributed by atoms with Gasteiger partial charge < -0.3 is 15.1 Å². The van der Waals surface area contributed by atoms with Gasteiger partial charge in [-0.15, -0.1) is 24.0 Å². The van der Waals surface area contributed by atoms with Crippen LogP contribution in [-0.2, 0) is 7.05 Å². The Labute approximate surface area is 185 Å². The largest absolute Gasteiger partial charge is 0.354 e. The molecule has 0 spiro atoms. The second-order valence-electron chi connectivity index (χ2n) is 7.15. The van der Waals surface area contributed by atoms with Gasteiger partial charge in [0.05, 0.1) is 12.2 Å². The number of halogens is 1. The van der Waals surface area contributed by atoms with Crippen molar-refractivity contribution in [2.75, 3.05) is 40.8 Å². The molecule has 0 aliphatic carbocycles. The summed E-state index contributed by atoms with van der Waals surface area (Å²) in [7, 11) is 8.00. The first kappa shape index (κ1) is 22.4. The van der Waals surface area contributed by atoms with Gasteiger partial charge in [-0.2, -0.15) is 5.10 Å². The zero-order valence-corrected chi connectivity index (χ0v) is 19.5. The van der Waals surface area contributed by atoms with Crippen LogP contribution in [0.1, 0.15) is 23.6 Å². The van der Waals surface area contributed by atoms with Crippen molar-refractivity contribution in [2.45, 2.75) is 12.5 Å². The molecular formula is C21H31IN6. The molecule has 1 N–H and O–H groups in total. The van der Waals surface area contributed by atoms with Crippen molar-refractivity contribution in [1.29, 1.82) is 0 Å². The van der Waals surface area contributed by atoms with Crippen molar-refractivity contribution in [2.24, 2.45) is 12.0 Å². The third-order valence-electron chi connectivity index (χ3n) is 5.05. The highest BCUT2D eigenvalue weighted by atomic mass is 127. The summed E-state index contributed by atoms with van der Waals surface area (Å²) in [5.74, 6) is 0.953. The maximum atomic E-state index is 4.50. The van der Waals surface area contributed by atoms with Crippen LogP contribution >= 0.6 is 24.0 Å². The third kappa shape index (κ3) is 5.57. The minimum Gasteiger partial charge on any atom is -0.354 e. The van der Waals surface area contributed by atoms with Crippen LogP contribution in [0.15, 0.2) is 53.8 Å². The number of aryl methyl sites for hydroxylation is 1. The van der Waals surface area contributed by atoms with Gasteiger partial charge in [-0.3, -0.25) is 9.67 Å². The SMILES string of the molecule is CN=C(NCC(c1cnn(C)c1)N(C)C)N1CC=C(c2ccccc2)CC1.I. The zero-order valence-electron chi connectivity index (χ0n) is 17.2. The van der Waals surface area contributed by atoms with Crippen LogP contribution in [0.5, 0.6) is 0 Å². The number of aromatic nitrogens is 2. The van der Waals surface area contributed by atoms with Crippen molar-refractivity contribution >= 4 is 35.5 Å². The first-order valence-corrected chi connectivity index (χ1v) is 9.43. The average molecular weight is 494 g/mol. The van der Waals surface area contributed by atoms with Gasteiger partial charge in [0.2, 0.25) is 0 Å². The molecule has 0 saturated heterocycles. The average Bonchev–Trinajstić information content (AvgIpc) is 3.12. The molecule has 1 atom stereocenters. The molecule has 28 heavy (non-hydrogen) atoms. The number of rotatable bonds is 5. The van der Waals surface area contributed by atoms with E-state index in [0.29, 0.717) is 0 Å². The molecule has 2 aromatic rings. The van der Waals surface area contributed by atoms with E-state index in [2.05, 4.69) is 81.9 Å². The van der Waals surface area contributed by atoms with Crippen molar-refractivity contribution in [1.82, 2.24) is 24.9 Å². The van der Waals surface area contributed by atoms with E-state index in [4.69, 9.17) is 0 Å². The first-order valence-electron chi connectivity index (χ1n) is 9.43. The minimum absolute atomic E-state index is 0. The molecule has 0 radical (unpaired) electrons. The fraction of sp³-hybridized carbons (Fsp3) is 0.429. The lowest BCUT2D eigenvalue weighted by molar-refractivity contribution is 0.294. The molecular weight excluding hydrogens is 463 g/mol. The predicted octanol–water partition coefficient (Wildman–Crippen LogP) is 3.01. The summed E-state index contributed by atoms with van der Waals surface area (Å²) in [4.78, 5) is 9.02. The molecule has 1 aromatic carbocycles. The lowest BCUT2D eigenvalue weighted by atomic mass is 10.00. The standard InChI is InChI=1S/C21H30N6.HI/c1-22-21(23-15-20(25(2)3)19-14-24-26(4)16-19)27-12-10-18(11-13-27)17-8-6-5-7-9-17;/h5-10,14,16,20H,11-13,15H2,1-4H3,(H,22,23);1H. The monoisotopic (exact) mass is 494 g/mol. The summed E-state index contributed by atoms with van der Waals surface area (Å²) in [6.07, 6.45) is 7.36. The second-order valence-corrected chi connectivity index (χ2v) is 7.15. The summed E-state index contributed by atoms with van der Waals surface area (Å²) in [6.45, 7) is 2.64. The van der Waals surface area contributed by atoms with Gasteiger partial charge in [0.15, 0.2) is 5.96 Å². The minimum atomic E-state index is 0. The normalized spacial score (nSPS) is 15.8. The number of nitrogens with one attached hydrogen (secondary N) is 1. The zero-order chi connectivity index (χ0) is 19.2. The van der Waals surface area contributed by atoms with E-state index in [0.717, 1.165) is 32.0 Å². The van der Waals surface area contributed by atoms with Crippen LogP contribution < -0.4 is 5.32 Å². The van der Waals surface area contributed by atoms with E-state index >= 15 is 0 Å². The Kier molecular flexibility index (Phi) is 8.50. The van der Waals surface area contributed by atoms with E-state index in [1.54, 1.807) is 0 Å². The highest BCUT2D eigenvalue weighted by molar-refractivity contribution is 14.0. The van der Waals surface area contributed by atoms with Gasteiger partial charge >= 0.3 is 0 Å². The Hall–Kier alpha value is -1.87. The Morgan fingerprint density at radius 2 is 2.04 bits per heavy atom. The molecule has 0 bridgehead atoms. The molecule has 1 aliphatic rings. The molecule has 7 heteroatoms. The highest BCUT2D eigenvalue weighted by Gasteiger charge is 2.20. The summed E-state index contributed by atoms with van der Waals surface area (Å²) < 4.78 is 1.85. The number of nitrogens with zero attached hydrogens (tertiary/aromatic N) is 5. The highest BCUT2D eigenvalue weighted by Crippen LogP contribution is 2.22. The third-order valence-corrected chi connectivity index (χ3v) is 5.05. The van der Waals surface area contributed by atoms with E-state index in [1.807, 2.05) is 25.0 Å². The van der Waals surface area contributed by atoms with E-state index in [1.165, 1.54) is 16.7 Å². The Morgan fingerprint density at radius 1 is 1.29 bits per heavy atom. The first-order chi connectivity index (χ1) is 13.1. The van der Waals surface area contributed by atoms with Crippen LogP contribution in [0.4, 0.5) is 0 Å². The van der Waals surface area contributed by atoms with Crippen LogP contribution in [0.2, 0.25) is 0 Å². The fourth-order valence-electron chi connectivity index (χ4n) is 3.51. The molecule has 3 rings (SSSR count). The lowest BCUT2D eigenvalue weighted by Crippen LogP contribution is -2.45. The lowest BCUT2D eigenvalue weighted by Gasteiger charge is -2.31. The summed E-state index contributed by atoms with van der Waals surface area (Å²) in [5.41, 5.74) is 3.95. The molecule has 1 aliphatic heterocycles. The molecule has 1 aromatic heterocycles. The van der Waals surface area contributed by atoms with Crippen LogP contribution in [0.3, 0.4) is 0 Å². The number of guanidine groups is 1. The van der Waals surface area contributed by atoms with Crippen LogP contribution in [-0.4, -0.2) is 66.3 Å². The second kappa shape index (κ2) is 10.6. The summed E-state index contributed by atoms with van der Waals surface area (Å²) in [6, 6.07) is 10.9. The van der Waals surface area contributed by atoms with Crippen molar-refractivity contribution in [3.8, 4) is 0 Å². The molecule has 152 valence electrons. The van der Waals surface area contributed by atoms with Gasteiger partial charge in [0.25, 0.3) is 0 Å². The Morgan fingerprint density at radius 3 is 2.57 bits per heavy atom. The number of likely N-dealkylation sites (N-methyl/N-ethyl adjacent to an activating group) is 1. The van der Waals surface area contributed by atoms with Gasteiger partial charge in [0.1, 0.15) is 0 Å². The van der Waals surface area contributed by atoms with Gasteiger partial charge in [-0.25, -0.2) is 0 Å². The van der Waals surface area contributed by atoms with E-state index in [-0.39, 0.29) is 30.0 Å². The molecule has 0 fully saturated rings. The molecule has 0 amide bonds. The topological polar surface area (TPSA) is 48.7 Å². The molecule has 1 unspecified atom stereocenters. The molecule has 6 nitrogen and oxygen atoms in total. The number of hydrogen-bond acceptors (Lipinski definition) is 3. The van der Waals surface area contributed by atoms with Gasteiger partial charge in [0, 0.05) is 45.5 Å². The van der Waals surface area contributed by atoms with Crippen molar-refractivity contribution < 1.29 is 0 Å². The van der Waals surface area contributed by atoms with E-state index in [9.17, 15) is 0 Å². The maximum absolute atomic E-state index is 4.50. The maximum Gasteiger partial charge on any atom is 0.194 e. The smallest absolute Gasteiger partial charge is 0.194 e. The molecule has 0 saturated carbocycles. The fourth-order valence-corrected chi connectivity index (χ4v) is 3.51. The van der Waals surface area contributed by atoms with Crippen LogP contribution in [0, 0.1) is 0 Å². The predicted molar refractivity (Wildman–Crippen MR) is 127 cm³/mol. The number of benzene rings is 1. The van der Waals surface area contributed by atoms with Crippen LogP contribution in [0.25, 0.3) is 5.57 Å². The van der Waals surface area contributed by atoms with Crippen molar-refractivity contribution in [3.63, 3.8) is 0 Å². The number of hydrogen-bond donors (Lipinski definition) is 1. The number of aliphatic imine (C=N–C) groups is 1. The summed E-state index contributed by atoms with van der Waals surface area (Å²) in [5, 5.41) is 7.86. The Bertz CT molecular complexity index is 796. The molecule has 2 heterocycles. The van der Waals surface area contributed by atoms with Gasteiger partial charge in [-0.05, 0) is 31.7 Å². The summed E-state index contributed by atoms with van der Waals surface area (Å²) >= 11 is 0. The quantitative estimate of drug-likeness (QED) is 0.395. The van der Waals surface area contributed by atoms with Crippen molar-refractivity contribution in [3.05, 3.63) is 59.9 Å². The van der Waals surface area contributed by atoms with Gasteiger partial charge in [-0.1, -0.05) is 36.4 Å². The Balaban J connectivity index is 0.00000280.